The lowest BCUT2D eigenvalue weighted by Gasteiger charge is -2.43. The molecular weight excluding hydrogens is 462 g/mol. The van der Waals surface area contributed by atoms with Crippen molar-refractivity contribution in [2.45, 2.75) is 38.0 Å². The first-order valence-electron chi connectivity index (χ1n) is 12.0. The molecule has 1 saturated heterocycles. The van der Waals surface area contributed by atoms with Gasteiger partial charge in [0.25, 0.3) is 0 Å². The van der Waals surface area contributed by atoms with Gasteiger partial charge in [0, 0.05) is 18.0 Å². The molecule has 1 aromatic carbocycles. The van der Waals surface area contributed by atoms with Crippen molar-refractivity contribution < 1.29 is 24.5 Å². The maximum absolute atomic E-state index is 12.4. The van der Waals surface area contributed by atoms with Gasteiger partial charge in [0.1, 0.15) is 12.3 Å². The second-order valence-corrected chi connectivity index (χ2v) is 9.75. The summed E-state index contributed by atoms with van der Waals surface area (Å²) in [7, 11) is 0. The molecule has 2 N–H and O–H groups in total. The highest BCUT2D eigenvalue weighted by molar-refractivity contribution is 5.86. The molecule has 0 bridgehead atoms. The maximum Gasteiger partial charge on any atom is 0.360 e. The third-order valence-electron chi connectivity index (χ3n) is 6.95. The number of hydrogen-bond acceptors (Lipinski definition) is 8. The molecule has 1 aliphatic carbocycles. The van der Waals surface area contributed by atoms with Crippen molar-refractivity contribution in [3.05, 3.63) is 83.1 Å². The number of esters is 1. The molecule has 3 aromatic heterocycles. The Morgan fingerprint density at radius 2 is 2.00 bits per heavy atom. The monoisotopic (exact) mass is 489 g/mol. The predicted molar refractivity (Wildman–Crippen MR) is 127 cm³/mol. The van der Waals surface area contributed by atoms with Crippen LogP contribution in [0.1, 0.15) is 57.7 Å². The van der Waals surface area contributed by atoms with Crippen LogP contribution in [0.3, 0.4) is 0 Å². The van der Waals surface area contributed by atoms with Crippen LogP contribution in [-0.4, -0.2) is 60.4 Å². The second-order valence-electron chi connectivity index (χ2n) is 9.75. The van der Waals surface area contributed by atoms with Gasteiger partial charge in [-0.15, -0.1) is 5.10 Å². The average molecular weight is 490 g/mol. The number of nitrogens with zero attached hydrogens (tertiary/aromatic N) is 5. The summed E-state index contributed by atoms with van der Waals surface area (Å²) < 4.78 is 14.1. The highest BCUT2D eigenvalue weighted by Crippen LogP contribution is 2.45. The Hall–Kier alpha value is -3.60. The third kappa shape index (κ3) is 4.27. The van der Waals surface area contributed by atoms with Gasteiger partial charge in [0.15, 0.2) is 5.69 Å². The largest absolute Gasteiger partial charge is 0.456 e. The first kappa shape index (κ1) is 22.8. The second kappa shape index (κ2) is 9.12. The molecule has 4 aromatic rings. The first-order chi connectivity index (χ1) is 17.5. The summed E-state index contributed by atoms with van der Waals surface area (Å²) in [6.07, 6.45) is 6.84. The van der Waals surface area contributed by atoms with E-state index >= 15 is 0 Å². The number of ether oxygens (including phenoxy) is 2. The minimum absolute atomic E-state index is 0.122. The van der Waals surface area contributed by atoms with Crippen LogP contribution in [0.25, 0.3) is 5.65 Å². The topological polar surface area (TPSA) is 124 Å². The fourth-order valence-electron chi connectivity index (χ4n) is 4.58. The number of hydrogen-bond donors (Lipinski definition) is 2. The average Bonchev–Trinajstić information content (AvgIpc) is 3.48. The SMILES string of the molecule is O=C(OCc1ccccc1)c1cn(Cc2cn3cc(C4CC4)cc(C(O)C4(CO)COC4)c3n2)nn1. The number of imidazole rings is 1. The molecular formula is C26H27N5O5. The zero-order valence-electron chi connectivity index (χ0n) is 19.7. The minimum atomic E-state index is -0.898. The summed E-state index contributed by atoms with van der Waals surface area (Å²) >= 11 is 0. The Bertz CT molecular complexity index is 1380. The van der Waals surface area contributed by atoms with Gasteiger partial charge in [-0.05, 0) is 36.0 Å². The summed E-state index contributed by atoms with van der Waals surface area (Å²) in [4.78, 5) is 17.2. The van der Waals surface area contributed by atoms with E-state index in [0.29, 0.717) is 42.6 Å². The van der Waals surface area contributed by atoms with E-state index in [2.05, 4.69) is 16.5 Å². The van der Waals surface area contributed by atoms with Gasteiger partial charge < -0.3 is 24.1 Å². The van der Waals surface area contributed by atoms with E-state index in [1.807, 2.05) is 47.0 Å². The van der Waals surface area contributed by atoms with Gasteiger partial charge >= 0.3 is 5.97 Å². The summed E-state index contributed by atoms with van der Waals surface area (Å²) in [5, 5.41) is 29.2. The van der Waals surface area contributed by atoms with Gasteiger partial charge in [0.2, 0.25) is 0 Å². The molecule has 1 atom stereocenters. The van der Waals surface area contributed by atoms with Crippen molar-refractivity contribution in [2.24, 2.45) is 5.41 Å². The Morgan fingerprint density at radius 3 is 2.69 bits per heavy atom. The van der Waals surface area contributed by atoms with Crippen molar-refractivity contribution >= 4 is 11.6 Å². The molecule has 0 amide bonds. The lowest BCUT2D eigenvalue weighted by molar-refractivity contribution is -0.192. The third-order valence-corrected chi connectivity index (χ3v) is 6.95. The van der Waals surface area contributed by atoms with Crippen LogP contribution in [0.15, 0.2) is 55.0 Å². The molecule has 36 heavy (non-hydrogen) atoms. The lowest BCUT2D eigenvalue weighted by atomic mass is 9.77. The van der Waals surface area contributed by atoms with E-state index in [1.165, 1.54) is 10.9 Å². The smallest absolute Gasteiger partial charge is 0.360 e. The molecule has 186 valence electrons. The Labute approximate surface area is 207 Å². The number of benzene rings is 1. The number of carbonyl (C=O) groups is 1. The van der Waals surface area contributed by atoms with Crippen molar-refractivity contribution in [3.8, 4) is 0 Å². The molecule has 4 heterocycles. The van der Waals surface area contributed by atoms with E-state index in [4.69, 9.17) is 14.5 Å². The van der Waals surface area contributed by atoms with E-state index in [9.17, 15) is 15.0 Å². The molecule has 6 rings (SSSR count). The molecule has 1 unspecified atom stereocenters. The molecule has 0 radical (unpaired) electrons. The first-order valence-corrected chi connectivity index (χ1v) is 12.0. The van der Waals surface area contributed by atoms with Crippen molar-refractivity contribution in [1.29, 1.82) is 0 Å². The van der Waals surface area contributed by atoms with E-state index < -0.39 is 17.5 Å². The normalized spacial score (nSPS) is 17.6. The van der Waals surface area contributed by atoms with Crippen molar-refractivity contribution in [1.82, 2.24) is 24.4 Å². The van der Waals surface area contributed by atoms with Crippen LogP contribution in [-0.2, 0) is 22.6 Å². The standard InChI is InChI=1S/C26H27N5O5/c32-14-26(15-35-16-26)23(33)21-8-19(18-6-7-18)9-30-10-20(27-24(21)30)11-31-12-22(28-29-31)25(34)36-13-17-4-2-1-3-5-17/h1-5,8-10,12,18,23,32-33H,6-7,11,13-16H2. The van der Waals surface area contributed by atoms with Crippen LogP contribution < -0.4 is 0 Å². The molecule has 1 saturated carbocycles. The number of rotatable bonds is 9. The van der Waals surface area contributed by atoms with Crippen LogP contribution in [0.4, 0.5) is 0 Å². The fourth-order valence-corrected chi connectivity index (χ4v) is 4.58. The Kier molecular flexibility index (Phi) is 5.79. The summed E-state index contributed by atoms with van der Waals surface area (Å²) in [6, 6.07) is 11.5. The highest BCUT2D eigenvalue weighted by Gasteiger charge is 2.46. The number of fused-ring (bicyclic) bond motifs is 1. The number of carbonyl (C=O) groups excluding carboxylic acids is 1. The fraction of sp³-hybridized carbons (Fsp3) is 0.385. The minimum Gasteiger partial charge on any atom is -0.456 e. The summed E-state index contributed by atoms with van der Waals surface area (Å²) in [5.41, 5.74) is 3.47. The summed E-state index contributed by atoms with van der Waals surface area (Å²) in [6.45, 7) is 0.904. The van der Waals surface area contributed by atoms with Crippen LogP contribution >= 0.6 is 0 Å². The van der Waals surface area contributed by atoms with Gasteiger partial charge in [-0.25, -0.2) is 14.5 Å². The maximum atomic E-state index is 12.4. The zero-order valence-corrected chi connectivity index (χ0v) is 19.7. The van der Waals surface area contributed by atoms with Crippen LogP contribution in [0.2, 0.25) is 0 Å². The summed E-state index contributed by atoms with van der Waals surface area (Å²) in [5.74, 6) is -0.0645. The van der Waals surface area contributed by atoms with E-state index in [0.717, 1.165) is 24.0 Å². The van der Waals surface area contributed by atoms with Crippen LogP contribution in [0.5, 0.6) is 0 Å². The number of aliphatic hydroxyl groups excluding tert-OH is 2. The number of aliphatic hydroxyl groups is 2. The Morgan fingerprint density at radius 1 is 1.19 bits per heavy atom. The van der Waals surface area contributed by atoms with Gasteiger partial charge in [-0.3, -0.25) is 0 Å². The van der Waals surface area contributed by atoms with E-state index in [-0.39, 0.29) is 18.9 Å². The quantitative estimate of drug-likeness (QED) is 0.343. The zero-order chi connectivity index (χ0) is 24.7. The predicted octanol–water partition coefficient (Wildman–Crippen LogP) is 2.25. The Balaban J connectivity index is 1.22. The molecule has 2 aliphatic rings. The number of pyridine rings is 1. The van der Waals surface area contributed by atoms with Crippen molar-refractivity contribution in [3.63, 3.8) is 0 Å². The number of aromatic nitrogens is 5. The highest BCUT2D eigenvalue weighted by atomic mass is 16.5. The molecule has 10 nitrogen and oxygen atoms in total. The lowest BCUT2D eigenvalue weighted by Crippen LogP contribution is -2.50. The van der Waals surface area contributed by atoms with Gasteiger partial charge in [0.05, 0.1) is 49.8 Å². The molecule has 10 heteroatoms. The van der Waals surface area contributed by atoms with Crippen LogP contribution in [0, 0.1) is 5.41 Å². The van der Waals surface area contributed by atoms with Gasteiger partial charge in [-0.1, -0.05) is 35.5 Å². The van der Waals surface area contributed by atoms with E-state index in [1.54, 1.807) is 0 Å². The molecule has 2 fully saturated rings. The molecule has 0 spiro atoms. The molecule has 1 aliphatic heterocycles. The van der Waals surface area contributed by atoms with Crippen molar-refractivity contribution in [2.75, 3.05) is 19.8 Å². The van der Waals surface area contributed by atoms with Gasteiger partial charge in [-0.2, -0.15) is 0 Å².